The molecule has 1 aromatic carbocycles. The lowest BCUT2D eigenvalue weighted by Crippen LogP contribution is -2.38. The van der Waals surface area contributed by atoms with Gasteiger partial charge in [0.05, 0.1) is 5.60 Å². The van der Waals surface area contributed by atoms with E-state index in [1.807, 2.05) is 0 Å². The molecule has 1 aliphatic rings. The van der Waals surface area contributed by atoms with Crippen LogP contribution in [0.3, 0.4) is 0 Å². The minimum absolute atomic E-state index is 0.238. The van der Waals surface area contributed by atoms with Crippen molar-refractivity contribution in [2.45, 2.75) is 24.9 Å². The van der Waals surface area contributed by atoms with Crippen LogP contribution >= 0.6 is 0 Å². The zero-order chi connectivity index (χ0) is 10.7. The Labute approximate surface area is 88.7 Å². The van der Waals surface area contributed by atoms with E-state index in [1.54, 1.807) is 12.1 Å². The molecule has 1 fully saturated rings. The van der Waals surface area contributed by atoms with Gasteiger partial charge in [0.1, 0.15) is 5.82 Å². The average molecular weight is 210 g/mol. The van der Waals surface area contributed by atoms with Crippen LogP contribution in [0.2, 0.25) is 0 Å². The van der Waals surface area contributed by atoms with Crippen LogP contribution in [0.25, 0.3) is 0 Å². The maximum Gasteiger partial charge on any atom is 0.123 e. The summed E-state index contributed by atoms with van der Waals surface area (Å²) in [4.78, 5) is 0. The van der Waals surface area contributed by atoms with Crippen molar-refractivity contribution in [1.29, 1.82) is 0 Å². The Hall–Kier alpha value is -0.930. The fourth-order valence-electron chi connectivity index (χ4n) is 1.91. The first kappa shape index (κ1) is 10.6. The zero-order valence-electron chi connectivity index (χ0n) is 8.58. The second kappa shape index (κ2) is 4.29. The Morgan fingerprint density at radius 2 is 1.80 bits per heavy atom. The predicted molar refractivity (Wildman–Crippen MR) is 55.1 cm³/mol. The summed E-state index contributed by atoms with van der Waals surface area (Å²) in [5, 5.41) is 10.2. The topological polar surface area (TPSA) is 29.5 Å². The third-order valence-electron chi connectivity index (χ3n) is 2.87. The molecule has 3 heteroatoms. The van der Waals surface area contributed by atoms with Gasteiger partial charge in [0.15, 0.2) is 0 Å². The van der Waals surface area contributed by atoms with Gasteiger partial charge in [-0.05, 0) is 30.5 Å². The molecule has 0 spiro atoms. The molecule has 1 aromatic rings. The number of hydrogen-bond donors (Lipinski definition) is 1. The summed E-state index contributed by atoms with van der Waals surface area (Å²) in [6.45, 7) is 1.22. The molecule has 0 aliphatic carbocycles. The van der Waals surface area contributed by atoms with Gasteiger partial charge in [-0.2, -0.15) is 0 Å². The maximum absolute atomic E-state index is 12.7. The minimum Gasteiger partial charge on any atom is -0.389 e. The van der Waals surface area contributed by atoms with Gasteiger partial charge >= 0.3 is 0 Å². The van der Waals surface area contributed by atoms with Gasteiger partial charge in [0, 0.05) is 19.6 Å². The third kappa shape index (κ3) is 2.76. The second-order valence-electron chi connectivity index (χ2n) is 4.14. The lowest BCUT2D eigenvalue weighted by Gasteiger charge is -2.32. The number of halogens is 1. The van der Waals surface area contributed by atoms with E-state index in [4.69, 9.17) is 4.74 Å². The number of aliphatic hydroxyl groups is 1. The highest BCUT2D eigenvalue weighted by molar-refractivity contribution is 5.18. The van der Waals surface area contributed by atoms with Crippen molar-refractivity contribution in [2.75, 3.05) is 13.2 Å². The van der Waals surface area contributed by atoms with Gasteiger partial charge in [-0.15, -0.1) is 0 Å². The van der Waals surface area contributed by atoms with Crippen LogP contribution in [-0.4, -0.2) is 23.9 Å². The first-order valence-corrected chi connectivity index (χ1v) is 5.23. The number of benzene rings is 1. The number of ether oxygens (including phenoxy) is 1. The van der Waals surface area contributed by atoms with E-state index < -0.39 is 5.60 Å². The van der Waals surface area contributed by atoms with E-state index in [1.165, 1.54) is 12.1 Å². The van der Waals surface area contributed by atoms with Crippen LogP contribution in [0.1, 0.15) is 18.4 Å². The van der Waals surface area contributed by atoms with Gasteiger partial charge in [-0.1, -0.05) is 12.1 Å². The van der Waals surface area contributed by atoms with Gasteiger partial charge in [0.2, 0.25) is 0 Å². The molecule has 1 aliphatic heterocycles. The zero-order valence-corrected chi connectivity index (χ0v) is 8.58. The summed E-state index contributed by atoms with van der Waals surface area (Å²) in [6, 6.07) is 6.31. The molecule has 0 amide bonds. The molecule has 15 heavy (non-hydrogen) atoms. The SMILES string of the molecule is OC1(Cc2ccc(F)cc2)CCOCC1. The quantitative estimate of drug-likeness (QED) is 0.808. The highest BCUT2D eigenvalue weighted by atomic mass is 19.1. The van der Waals surface area contributed by atoms with E-state index in [2.05, 4.69) is 0 Å². The fraction of sp³-hybridized carbons (Fsp3) is 0.500. The van der Waals surface area contributed by atoms with Crippen LogP contribution in [0, 0.1) is 5.82 Å². The van der Waals surface area contributed by atoms with E-state index in [9.17, 15) is 9.50 Å². The molecular weight excluding hydrogens is 195 g/mol. The molecule has 0 bridgehead atoms. The molecule has 0 radical (unpaired) electrons. The molecule has 2 rings (SSSR count). The lowest BCUT2D eigenvalue weighted by atomic mass is 9.87. The van der Waals surface area contributed by atoms with Gasteiger partial charge < -0.3 is 9.84 Å². The second-order valence-corrected chi connectivity index (χ2v) is 4.14. The number of rotatable bonds is 2. The van der Waals surface area contributed by atoms with Gasteiger partial charge in [0.25, 0.3) is 0 Å². The first-order valence-electron chi connectivity index (χ1n) is 5.23. The van der Waals surface area contributed by atoms with Crippen molar-refractivity contribution in [3.05, 3.63) is 35.6 Å². The fourth-order valence-corrected chi connectivity index (χ4v) is 1.91. The highest BCUT2D eigenvalue weighted by Crippen LogP contribution is 2.24. The Morgan fingerprint density at radius 1 is 1.20 bits per heavy atom. The maximum atomic E-state index is 12.7. The van der Waals surface area contributed by atoms with E-state index in [0.717, 1.165) is 5.56 Å². The first-order chi connectivity index (χ1) is 7.18. The minimum atomic E-state index is -0.671. The van der Waals surface area contributed by atoms with Crippen molar-refractivity contribution in [2.24, 2.45) is 0 Å². The predicted octanol–water partition coefficient (Wildman–Crippen LogP) is 1.91. The molecule has 1 saturated heterocycles. The van der Waals surface area contributed by atoms with Gasteiger partial charge in [-0.3, -0.25) is 0 Å². The third-order valence-corrected chi connectivity index (χ3v) is 2.87. The van der Waals surface area contributed by atoms with Crippen LogP contribution in [0.4, 0.5) is 4.39 Å². The Morgan fingerprint density at radius 3 is 2.40 bits per heavy atom. The molecule has 2 nitrogen and oxygen atoms in total. The molecule has 0 aromatic heterocycles. The van der Waals surface area contributed by atoms with Crippen LogP contribution in [-0.2, 0) is 11.2 Å². The molecule has 0 atom stereocenters. The Bertz CT molecular complexity index is 315. The van der Waals surface area contributed by atoms with Crippen molar-refractivity contribution in [3.63, 3.8) is 0 Å². The Kier molecular flexibility index (Phi) is 3.03. The number of hydrogen-bond acceptors (Lipinski definition) is 2. The van der Waals surface area contributed by atoms with Gasteiger partial charge in [-0.25, -0.2) is 4.39 Å². The Balaban J connectivity index is 2.03. The van der Waals surface area contributed by atoms with Crippen LogP contribution in [0.5, 0.6) is 0 Å². The molecular formula is C12H15FO2. The van der Waals surface area contributed by atoms with E-state index >= 15 is 0 Å². The van der Waals surface area contributed by atoms with E-state index in [0.29, 0.717) is 32.5 Å². The molecule has 0 saturated carbocycles. The molecule has 0 unspecified atom stereocenters. The largest absolute Gasteiger partial charge is 0.389 e. The summed E-state index contributed by atoms with van der Waals surface area (Å²) < 4.78 is 17.9. The van der Waals surface area contributed by atoms with Crippen molar-refractivity contribution in [1.82, 2.24) is 0 Å². The highest BCUT2D eigenvalue weighted by Gasteiger charge is 2.29. The summed E-state index contributed by atoms with van der Waals surface area (Å²) >= 11 is 0. The smallest absolute Gasteiger partial charge is 0.123 e. The summed E-state index contributed by atoms with van der Waals surface area (Å²) in [6.07, 6.45) is 1.89. The van der Waals surface area contributed by atoms with Crippen LogP contribution < -0.4 is 0 Å². The molecule has 1 N–H and O–H groups in total. The van der Waals surface area contributed by atoms with Crippen molar-refractivity contribution >= 4 is 0 Å². The van der Waals surface area contributed by atoms with Crippen molar-refractivity contribution < 1.29 is 14.2 Å². The normalized spacial score (nSPS) is 20.1. The van der Waals surface area contributed by atoms with Crippen molar-refractivity contribution in [3.8, 4) is 0 Å². The molecule has 82 valence electrons. The summed E-state index contributed by atoms with van der Waals surface area (Å²) in [7, 11) is 0. The monoisotopic (exact) mass is 210 g/mol. The summed E-state index contributed by atoms with van der Waals surface area (Å²) in [5.74, 6) is -0.238. The lowest BCUT2D eigenvalue weighted by molar-refractivity contribution is -0.0625. The van der Waals surface area contributed by atoms with Crippen LogP contribution in [0.15, 0.2) is 24.3 Å². The van der Waals surface area contributed by atoms with E-state index in [-0.39, 0.29) is 5.82 Å². The average Bonchev–Trinajstić information content (AvgIpc) is 2.22. The molecule has 1 heterocycles. The standard InChI is InChI=1S/C12H15FO2/c13-11-3-1-10(2-4-11)9-12(14)5-7-15-8-6-12/h1-4,14H,5-9H2. The summed E-state index contributed by atoms with van der Waals surface area (Å²) in [5.41, 5.74) is 0.302.